The second kappa shape index (κ2) is 9.34. The molecule has 0 bridgehead atoms. The molecule has 0 aliphatic carbocycles. The van der Waals surface area contributed by atoms with E-state index in [9.17, 15) is 18.0 Å². The Kier molecular flexibility index (Phi) is 8.94. The standard InChI is InChI=1S/C14H20F3N3OS.ClH/c1-9(2)11(18)6-8-20(3)13(21)10-5-4-7-19-12(10)22-14(15,16)17;/h4-5,7,9,11H,6,8,18H2,1-3H3;1H. The third kappa shape index (κ3) is 7.41. The first-order valence-corrected chi connectivity index (χ1v) is 7.65. The highest BCUT2D eigenvalue weighted by atomic mass is 35.5. The molecule has 1 atom stereocenters. The highest BCUT2D eigenvalue weighted by Gasteiger charge is 2.32. The number of pyridine rings is 1. The highest BCUT2D eigenvalue weighted by Crippen LogP contribution is 2.37. The van der Waals surface area contributed by atoms with Crippen molar-refractivity contribution in [3.63, 3.8) is 0 Å². The fourth-order valence-corrected chi connectivity index (χ4v) is 2.33. The summed E-state index contributed by atoms with van der Waals surface area (Å²) in [6, 6.07) is 2.73. The summed E-state index contributed by atoms with van der Waals surface area (Å²) < 4.78 is 37.5. The highest BCUT2D eigenvalue weighted by molar-refractivity contribution is 8.00. The zero-order valence-electron chi connectivity index (χ0n) is 13.1. The van der Waals surface area contributed by atoms with Gasteiger partial charge in [0.25, 0.3) is 5.91 Å². The normalized spacial score (nSPS) is 12.7. The quantitative estimate of drug-likeness (QED) is 0.777. The second-order valence-electron chi connectivity index (χ2n) is 5.33. The average molecular weight is 372 g/mol. The van der Waals surface area contributed by atoms with Gasteiger partial charge in [-0.15, -0.1) is 12.4 Å². The van der Waals surface area contributed by atoms with Crippen molar-refractivity contribution >= 4 is 30.1 Å². The lowest BCUT2D eigenvalue weighted by Crippen LogP contribution is -2.35. The molecule has 0 aliphatic heterocycles. The number of alkyl halides is 3. The molecular formula is C14H21ClF3N3OS. The molecule has 1 heterocycles. The van der Waals surface area contributed by atoms with Gasteiger partial charge >= 0.3 is 5.51 Å². The van der Waals surface area contributed by atoms with Crippen LogP contribution in [0, 0.1) is 5.92 Å². The molecule has 23 heavy (non-hydrogen) atoms. The summed E-state index contributed by atoms with van der Waals surface area (Å²) in [5.74, 6) is -0.214. The van der Waals surface area contributed by atoms with E-state index in [-0.39, 0.29) is 46.7 Å². The molecule has 0 saturated carbocycles. The lowest BCUT2D eigenvalue weighted by Gasteiger charge is -2.22. The molecule has 0 fully saturated rings. The van der Waals surface area contributed by atoms with E-state index in [1.807, 2.05) is 13.8 Å². The Hall–Kier alpha value is -0.990. The fourth-order valence-electron chi connectivity index (χ4n) is 1.73. The van der Waals surface area contributed by atoms with Crippen molar-refractivity contribution in [3.05, 3.63) is 23.9 Å². The molecule has 0 spiro atoms. The average Bonchev–Trinajstić information content (AvgIpc) is 2.42. The van der Waals surface area contributed by atoms with E-state index in [0.29, 0.717) is 13.0 Å². The monoisotopic (exact) mass is 371 g/mol. The number of carbonyl (C=O) groups excluding carboxylic acids is 1. The molecule has 0 saturated heterocycles. The van der Waals surface area contributed by atoms with Crippen molar-refractivity contribution in [2.45, 2.75) is 36.8 Å². The summed E-state index contributed by atoms with van der Waals surface area (Å²) in [6.45, 7) is 4.33. The zero-order chi connectivity index (χ0) is 16.9. The number of carbonyl (C=O) groups is 1. The van der Waals surface area contributed by atoms with Crippen LogP contribution in [0.2, 0.25) is 0 Å². The summed E-state index contributed by atoms with van der Waals surface area (Å²) in [4.78, 5) is 17.3. The molecule has 0 radical (unpaired) electrons. The first-order valence-electron chi connectivity index (χ1n) is 6.83. The van der Waals surface area contributed by atoms with E-state index in [2.05, 4.69) is 4.98 Å². The Morgan fingerprint density at radius 2 is 2.04 bits per heavy atom. The molecule has 0 aliphatic rings. The van der Waals surface area contributed by atoms with E-state index in [1.165, 1.54) is 23.2 Å². The maximum absolute atomic E-state index is 12.5. The third-order valence-corrected chi connectivity index (χ3v) is 3.96. The van der Waals surface area contributed by atoms with E-state index >= 15 is 0 Å². The van der Waals surface area contributed by atoms with Gasteiger partial charge in [0.05, 0.1) is 5.56 Å². The van der Waals surface area contributed by atoms with Gasteiger partial charge in [-0.3, -0.25) is 4.79 Å². The zero-order valence-corrected chi connectivity index (χ0v) is 14.8. The number of amides is 1. The smallest absolute Gasteiger partial charge is 0.342 e. The van der Waals surface area contributed by atoms with Crippen LogP contribution in [0.3, 0.4) is 0 Å². The number of aromatic nitrogens is 1. The van der Waals surface area contributed by atoms with E-state index in [0.717, 1.165) is 0 Å². The molecule has 1 aromatic heterocycles. The lowest BCUT2D eigenvalue weighted by atomic mass is 10.0. The number of halogens is 4. The molecule has 1 rings (SSSR count). The maximum Gasteiger partial charge on any atom is 0.447 e. The van der Waals surface area contributed by atoms with Crippen LogP contribution in [0.4, 0.5) is 13.2 Å². The van der Waals surface area contributed by atoms with Crippen LogP contribution in [-0.2, 0) is 0 Å². The van der Waals surface area contributed by atoms with Crippen LogP contribution in [0.25, 0.3) is 0 Å². The van der Waals surface area contributed by atoms with Crippen LogP contribution < -0.4 is 5.73 Å². The summed E-state index contributed by atoms with van der Waals surface area (Å²) in [5, 5.41) is -0.333. The van der Waals surface area contributed by atoms with E-state index in [1.54, 1.807) is 7.05 Å². The molecular weight excluding hydrogens is 351 g/mol. The minimum atomic E-state index is -4.48. The molecule has 0 aromatic carbocycles. The third-order valence-electron chi connectivity index (χ3n) is 3.21. The Morgan fingerprint density at radius 1 is 1.43 bits per heavy atom. The lowest BCUT2D eigenvalue weighted by molar-refractivity contribution is -0.0329. The van der Waals surface area contributed by atoms with E-state index in [4.69, 9.17) is 5.73 Å². The van der Waals surface area contributed by atoms with Crippen LogP contribution in [0.15, 0.2) is 23.4 Å². The number of thioether (sulfide) groups is 1. The number of hydrogen-bond acceptors (Lipinski definition) is 4. The molecule has 9 heteroatoms. The second-order valence-corrected chi connectivity index (χ2v) is 6.38. The number of hydrogen-bond donors (Lipinski definition) is 1. The Morgan fingerprint density at radius 3 is 2.57 bits per heavy atom. The number of nitrogens with two attached hydrogens (primary N) is 1. The Bertz CT molecular complexity index is 514. The first-order chi connectivity index (χ1) is 10.1. The van der Waals surface area contributed by atoms with Crippen molar-refractivity contribution in [3.8, 4) is 0 Å². The van der Waals surface area contributed by atoms with Gasteiger partial charge in [-0.25, -0.2) is 4.98 Å². The largest absolute Gasteiger partial charge is 0.447 e. The Labute approximate surface area is 144 Å². The van der Waals surface area contributed by atoms with Gasteiger partial charge in [-0.1, -0.05) is 13.8 Å². The summed E-state index contributed by atoms with van der Waals surface area (Å²) in [5.41, 5.74) is 1.38. The summed E-state index contributed by atoms with van der Waals surface area (Å²) in [6.07, 6.45) is 1.82. The van der Waals surface area contributed by atoms with Crippen LogP contribution in [0.1, 0.15) is 30.6 Å². The first kappa shape index (κ1) is 22.0. The SMILES string of the molecule is CC(C)C(N)CCN(C)C(=O)c1cccnc1SC(F)(F)F.Cl. The Balaban J connectivity index is 0.00000484. The van der Waals surface area contributed by atoms with Crippen LogP contribution in [-0.4, -0.2) is 40.9 Å². The summed E-state index contributed by atoms with van der Waals surface area (Å²) in [7, 11) is 1.55. The molecule has 132 valence electrons. The topological polar surface area (TPSA) is 59.2 Å². The van der Waals surface area contributed by atoms with Gasteiger partial charge in [0.1, 0.15) is 5.03 Å². The van der Waals surface area contributed by atoms with Gasteiger partial charge in [0.2, 0.25) is 0 Å². The van der Waals surface area contributed by atoms with Crippen molar-refractivity contribution in [2.24, 2.45) is 11.7 Å². The van der Waals surface area contributed by atoms with Crippen LogP contribution in [0.5, 0.6) is 0 Å². The van der Waals surface area contributed by atoms with E-state index < -0.39 is 11.4 Å². The molecule has 1 unspecified atom stereocenters. The molecule has 1 aromatic rings. The predicted molar refractivity (Wildman–Crippen MR) is 87.8 cm³/mol. The van der Waals surface area contributed by atoms with Crippen LogP contribution >= 0.6 is 24.2 Å². The molecule has 4 nitrogen and oxygen atoms in total. The summed E-state index contributed by atoms with van der Waals surface area (Å²) >= 11 is -0.381. The van der Waals surface area contributed by atoms with Gasteiger partial charge in [-0.2, -0.15) is 13.2 Å². The predicted octanol–water partition coefficient (Wildman–Crippen LogP) is 3.56. The number of nitrogens with zero attached hydrogens (tertiary/aromatic N) is 2. The molecule has 1 amide bonds. The number of rotatable bonds is 6. The van der Waals surface area contributed by atoms with Crippen molar-refractivity contribution < 1.29 is 18.0 Å². The minimum Gasteiger partial charge on any atom is -0.342 e. The minimum absolute atomic E-state index is 0. The van der Waals surface area contributed by atoms with Gasteiger partial charge in [-0.05, 0) is 24.5 Å². The van der Waals surface area contributed by atoms with Gasteiger partial charge in [0, 0.05) is 37.6 Å². The molecule has 2 N–H and O–H groups in total. The fraction of sp³-hybridized carbons (Fsp3) is 0.571. The van der Waals surface area contributed by atoms with Crippen molar-refractivity contribution in [1.82, 2.24) is 9.88 Å². The van der Waals surface area contributed by atoms with Gasteiger partial charge < -0.3 is 10.6 Å². The van der Waals surface area contributed by atoms with Crippen molar-refractivity contribution in [1.29, 1.82) is 0 Å². The van der Waals surface area contributed by atoms with Gasteiger partial charge in [0.15, 0.2) is 0 Å². The maximum atomic E-state index is 12.5. The van der Waals surface area contributed by atoms with Crippen molar-refractivity contribution in [2.75, 3.05) is 13.6 Å².